The van der Waals surface area contributed by atoms with Crippen LogP contribution >= 0.6 is 46.3 Å². The Hall–Kier alpha value is -2.19. The quantitative estimate of drug-likeness (QED) is 0.282. The number of ether oxygens (including phenoxy) is 1. The van der Waals surface area contributed by atoms with E-state index in [2.05, 4.69) is 11.1 Å². The molecule has 2 aromatic heterocycles. The van der Waals surface area contributed by atoms with E-state index in [1.54, 1.807) is 47.2 Å². The zero-order valence-electron chi connectivity index (χ0n) is 15.8. The van der Waals surface area contributed by atoms with Gasteiger partial charge in [0.25, 0.3) is 5.91 Å². The molecular formula is C21H16Cl2N2O3S2. The summed E-state index contributed by atoms with van der Waals surface area (Å²) in [5.74, 6) is 0.778. The van der Waals surface area contributed by atoms with Crippen molar-refractivity contribution in [1.29, 1.82) is 0 Å². The van der Waals surface area contributed by atoms with Crippen LogP contribution in [0.4, 0.5) is 5.13 Å². The van der Waals surface area contributed by atoms with Crippen molar-refractivity contribution in [2.75, 3.05) is 17.8 Å². The number of anilines is 1. The lowest BCUT2D eigenvalue weighted by molar-refractivity contribution is -0.120. The van der Waals surface area contributed by atoms with Crippen LogP contribution in [0.15, 0.2) is 64.1 Å². The number of nitrogens with zero attached hydrogens (tertiary/aromatic N) is 2. The summed E-state index contributed by atoms with van der Waals surface area (Å²) in [6.07, 6.45) is 3.60. The van der Waals surface area contributed by atoms with E-state index in [4.69, 9.17) is 32.4 Å². The summed E-state index contributed by atoms with van der Waals surface area (Å²) in [5, 5.41) is 1.42. The number of amides is 1. The van der Waals surface area contributed by atoms with Gasteiger partial charge >= 0.3 is 0 Å². The van der Waals surface area contributed by atoms with Crippen LogP contribution in [0.1, 0.15) is 5.76 Å². The Labute approximate surface area is 191 Å². The molecule has 0 aliphatic rings. The Balaban J connectivity index is 1.59. The number of hydrogen-bond donors (Lipinski definition) is 0. The normalized spacial score (nSPS) is 11.0. The van der Waals surface area contributed by atoms with E-state index in [-0.39, 0.29) is 19.1 Å². The molecule has 0 fully saturated rings. The third kappa shape index (κ3) is 4.75. The van der Waals surface area contributed by atoms with Crippen molar-refractivity contribution in [2.45, 2.75) is 11.4 Å². The Kier molecular flexibility index (Phi) is 6.53. The van der Waals surface area contributed by atoms with Crippen LogP contribution in [0.25, 0.3) is 10.2 Å². The van der Waals surface area contributed by atoms with Gasteiger partial charge in [-0.25, -0.2) is 4.98 Å². The number of hydrogen-bond acceptors (Lipinski definition) is 6. The summed E-state index contributed by atoms with van der Waals surface area (Å²) in [6, 6.07) is 14.5. The zero-order chi connectivity index (χ0) is 21.1. The van der Waals surface area contributed by atoms with E-state index in [9.17, 15) is 4.79 Å². The van der Waals surface area contributed by atoms with Crippen molar-refractivity contribution in [3.8, 4) is 5.75 Å². The molecule has 0 N–H and O–H groups in total. The summed E-state index contributed by atoms with van der Waals surface area (Å²) < 4.78 is 12.1. The van der Waals surface area contributed by atoms with E-state index in [1.807, 2.05) is 24.5 Å². The molecule has 0 unspecified atom stereocenters. The molecule has 0 bridgehead atoms. The average Bonchev–Trinajstić information content (AvgIpc) is 3.39. The summed E-state index contributed by atoms with van der Waals surface area (Å²) in [5.41, 5.74) is 0.840. The van der Waals surface area contributed by atoms with E-state index < -0.39 is 0 Å². The lowest BCUT2D eigenvalue weighted by atomic mass is 10.3. The van der Waals surface area contributed by atoms with Crippen LogP contribution in [-0.2, 0) is 11.3 Å². The second-order valence-corrected chi connectivity index (χ2v) is 8.99. The Morgan fingerprint density at radius 3 is 2.83 bits per heavy atom. The van der Waals surface area contributed by atoms with Crippen LogP contribution in [-0.4, -0.2) is 23.8 Å². The van der Waals surface area contributed by atoms with Crippen molar-refractivity contribution >= 4 is 67.6 Å². The molecule has 2 heterocycles. The van der Waals surface area contributed by atoms with Crippen molar-refractivity contribution in [1.82, 2.24) is 4.98 Å². The molecule has 30 heavy (non-hydrogen) atoms. The highest BCUT2D eigenvalue weighted by Gasteiger charge is 2.22. The number of benzene rings is 2. The zero-order valence-corrected chi connectivity index (χ0v) is 18.9. The second-order valence-electron chi connectivity index (χ2n) is 6.25. The third-order valence-electron chi connectivity index (χ3n) is 4.26. The minimum absolute atomic E-state index is 0.200. The summed E-state index contributed by atoms with van der Waals surface area (Å²) in [4.78, 5) is 20.4. The first-order valence-electron chi connectivity index (χ1n) is 8.88. The molecule has 2 aromatic carbocycles. The maximum absolute atomic E-state index is 13.1. The molecular weight excluding hydrogens is 463 g/mol. The van der Waals surface area contributed by atoms with Gasteiger partial charge in [-0.15, -0.1) is 11.8 Å². The molecule has 0 atom stereocenters. The van der Waals surface area contributed by atoms with Crippen molar-refractivity contribution in [3.63, 3.8) is 0 Å². The Morgan fingerprint density at radius 2 is 2.10 bits per heavy atom. The standard InChI is InChI=1S/C21H16Cl2N2O3S2/c1-29-15-5-6-17-19(10-15)30-21(24-17)25(11-14-3-2-8-27-14)20(26)12-28-18-7-4-13(22)9-16(18)23/h2-10H,11-12H2,1H3. The largest absolute Gasteiger partial charge is 0.482 e. The smallest absolute Gasteiger partial charge is 0.267 e. The first-order chi connectivity index (χ1) is 14.5. The van der Waals surface area contributed by atoms with Crippen molar-refractivity contribution < 1.29 is 13.9 Å². The summed E-state index contributed by atoms with van der Waals surface area (Å²) in [6.45, 7) is 0.0484. The monoisotopic (exact) mass is 478 g/mol. The highest BCUT2D eigenvalue weighted by Crippen LogP contribution is 2.33. The Bertz CT molecular complexity index is 1180. The number of thiazole rings is 1. The fourth-order valence-electron chi connectivity index (χ4n) is 2.77. The number of aromatic nitrogens is 1. The fraction of sp³-hybridized carbons (Fsp3) is 0.143. The van der Waals surface area contributed by atoms with Gasteiger partial charge in [0, 0.05) is 9.92 Å². The highest BCUT2D eigenvalue weighted by atomic mass is 35.5. The van der Waals surface area contributed by atoms with Crippen LogP contribution in [0.5, 0.6) is 5.75 Å². The van der Waals surface area contributed by atoms with E-state index >= 15 is 0 Å². The number of carbonyl (C=O) groups is 1. The van der Waals surface area contributed by atoms with Gasteiger partial charge in [-0.2, -0.15) is 0 Å². The highest BCUT2D eigenvalue weighted by molar-refractivity contribution is 7.98. The number of furan rings is 1. The van der Waals surface area contributed by atoms with Gasteiger partial charge < -0.3 is 9.15 Å². The Morgan fingerprint density at radius 1 is 1.23 bits per heavy atom. The van der Waals surface area contributed by atoms with Crippen LogP contribution in [0.3, 0.4) is 0 Å². The molecule has 1 amide bonds. The molecule has 0 spiro atoms. The molecule has 0 saturated heterocycles. The number of rotatable bonds is 7. The summed E-state index contributed by atoms with van der Waals surface area (Å²) in [7, 11) is 0. The van der Waals surface area contributed by atoms with Crippen molar-refractivity contribution in [2.24, 2.45) is 0 Å². The lowest BCUT2D eigenvalue weighted by Crippen LogP contribution is -2.34. The van der Waals surface area contributed by atoms with Gasteiger partial charge in [0.2, 0.25) is 0 Å². The number of halogens is 2. The predicted molar refractivity (Wildman–Crippen MR) is 123 cm³/mol. The first-order valence-corrected chi connectivity index (χ1v) is 11.7. The van der Waals surface area contributed by atoms with Crippen LogP contribution in [0.2, 0.25) is 10.0 Å². The molecule has 0 aliphatic heterocycles. The maximum Gasteiger partial charge on any atom is 0.267 e. The first kappa shape index (κ1) is 21.1. The van der Waals surface area contributed by atoms with Gasteiger partial charge in [-0.05, 0) is 54.8 Å². The van der Waals surface area contributed by atoms with E-state index in [0.29, 0.717) is 26.7 Å². The minimum atomic E-state index is -0.262. The molecule has 4 aromatic rings. The number of fused-ring (bicyclic) bond motifs is 1. The molecule has 0 saturated carbocycles. The maximum atomic E-state index is 13.1. The van der Waals surface area contributed by atoms with Crippen LogP contribution in [0, 0.1) is 0 Å². The van der Waals surface area contributed by atoms with Crippen molar-refractivity contribution in [3.05, 3.63) is 70.6 Å². The van der Waals surface area contributed by atoms with Gasteiger partial charge in [0.1, 0.15) is 11.5 Å². The predicted octanol–water partition coefficient (Wildman–Crippen LogP) is 6.53. The average molecular weight is 479 g/mol. The van der Waals surface area contributed by atoms with E-state index in [1.165, 1.54) is 11.3 Å². The SMILES string of the molecule is CSc1ccc2nc(N(Cc3ccco3)C(=O)COc3ccc(Cl)cc3Cl)sc2c1. The number of thioether (sulfide) groups is 1. The van der Waals surface area contributed by atoms with Gasteiger partial charge in [-0.3, -0.25) is 9.69 Å². The van der Waals surface area contributed by atoms with E-state index in [0.717, 1.165) is 15.1 Å². The van der Waals surface area contributed by atoms with Crippen LogP contribution < -0.4 is 9.64 Å². The number of carbonyl (C=O) groups excluding carboxylic acids is 1. The second kappa shape index (κ2) is 9.31. The lowest BCUT2D eigenvalue weighted by Gasteiger charge is -2.19. The fourth-order valence-corrected chi connectivity index (χ4v) is 4.76. The molecule has 5 nitrogen and oxygen atoms in total. The third-order valence-corrected chi connectivity index (χ3v) is 6.55. The molecule has 154 valence electrons. The summed E-state index contributed by atoms with van der Waals surface area (Å²) >= 11 is 15.2. The topological polar surface area (TPSA) is 55.6 Å². The molecule has 0 aliphatic carbocycles. The molecule has 9 heteroatoms. The van der Waals surface area contributed by atoms with Gasteiger partial charge in [-0.1, -0.05) is 34.5 Å². The van der Waals surface area contributed by atoms with Gasteiger partial charge in [0.05, 0.1) is 28.0 Å². The minimum Gasteiger partial charge on any atom is -0.482 e. The van der Waals surface area contributed by atoms with Gasteiger partial charge in [0.15, 0.2) is 11.7 Å². The molecule has 0 radical (unpaired) electrons. The molecule has 4 rings (SSSR count).